The number of hydrazine groups is 1. The van der Waals surface area contributed by atoms with Crippen LogP contribution < -0.4 is 20.9 Å². The Labute approximate surface area is 162 Å². The predicted molar refractivity (Wildman–Crippen MR) is 108 cm³/mol. The minimum absolute atomic E-state index is 0.0597. The molecule has 0 aliphatic carbocycles. The van der Waals surface area contributed by atoms with Gasteiger partial charge >= 0.3 is 0 Å². The highest BCUT2D eigenvalue weighted by Crippen LogP contribution is 2.37. The maximum atomic E-state index is 12.6. The van der Waals surface area contributed by atoms with E-state index in [1.54, 1.807) is 6.20 Å². The average molecular weight is 377 g/mol. The minimum Gasteiger partial charge on any atom is -0.492 e. The molecular weight excluding hydrogens is 354 g/mol. The molecule has 1 amide bonds. The summed E-state index contributed by atoms with van der Waals surface area (Å²) in [5.74, 6) is 1.09. The van der Waals surface area contributed by atoms with Crippen LogP contribution in [0.1, 0.15) is 19.4 Å². The number of benzene rings is 1. The number of ether oxygens (including phenoxy) is 1. The lowest BCUT2D eigenvalue weighted by molar-refractivity contribution is -0.118. The van der Waals surface area contributed by atoms with Crippen molar-refractivity contribution in [3.63, 3.8) is 0 Å². The zero-order valence-electron chi connectivity index (χ0n) is 15.9. The number of hydrogen-bond acceptors (Lipinski definition) is 5. The first-order valence-corrected chi connectivity index (χ1v) is 9.66. The number of pyridine rings is 1. The summed E-state index contributed by atoms with van der Waals surface area (Å²) in [6.45, 7) is 4.84. The third-order valence-corrected chi connectivity index (χ3v) is 5.81. The quantitative estimate of drug-likeness (QED) is 0.563. The minimum atomic E-state index is -0.267. The fourth-order valence-electron chi connectivity index (χ4n) is 3.95. The molecule has 7 nitrogen and oxygen atoms in total. The van der Waals surface area contributed by atoms with Crippen LogP contribution in [0.3, 0.4) is 0 Å². The third-order valence-electron chi connectivity index (χ3n) is 5.81. The van der Waals surface area contributed by atoms with Crippen LogP contribution in [0.2, 0.25) is 0 Å². The van der Waals surface area contributed by atoms with E-state index < -0.39 is 0 Å². The van der Waals surface area contributed by atoms with Crippen LogP contribution >= 0.6 is 0 Å². The van der Waals surface area contributed by atoms with Gasteiger partial charge in [0.2, 0.25) is 5.91 Å². The van der Waals surface area contributed by atoms with Crippen LogP contribution in [0.15, 0.2) is 36.5 Å². The summed E-state index contributed by atoms with van der Waals surface area (Å²) in [4.78, 5) is 20.4. The molecule has 144 valence electrons. The van der Waals surface area contributed by atoms with Crippen molar-refractivity contribution >= 4 is 22.6 Å². The van der Waals surface area contributed by atoms with E-state index >= 15 is 0 Å². The van der Waals surface area contributed by atoms with Gasteiger partial charge in [-0.05, 0) is 36.6 Å². The molecule has 2 aromatic heterocycles. The number of hydrogen-bond donors (Lipinski definition) is 4. The second-order valence-electron chi connectivity index (χ2n) is 7.64. The normalized spacial score (nSPS) is 23.6. The van der Waals surface area contributed by atoms with Gasteiger partial charge < -0.3 is 15.0 Å². The molecule has 1 aromatic carbocycles. The van der Waals surface area contributed by atoms with E-state index in [-0.39, 0.29) is 23.9 Å². The van der Waals surface area contributed by atoms with Crippen molar-refractivity contribution in [3.05, 3.63) is 42.1 Å². The first kappa shape index (κ1) is 17.2. The van der Waals surface area contributed by atoms with Gasteiger partial charge in [0, 0.05) is 23.4 Å². The SMILES string of the molecule is CC1NNC(C(=O)Nc2cnc3[nH]c(-c4cccc5c4OCC5)cc3c2)C1C. The van der Waals surface area contributed by atoms with E-state index in [0.29, 0.717) is 5.69 Å². The zero-order chi connectivity index (χ0) is 19.3. The number of rotatable bonds is 3. The van der Waals surface area contributed by atoms with Crippen LogP contribution in [0.25, 0.3) is 22.3 Å². The smallest absolute Gasteiger partial charge is 0.243 e. The topological polar surface area (TPSA) is 91.1 Å². The first-order chi connectivity index (χ1) is 13.6. The molecule has 1 fully saturated rings. The van der Waals surface area contributed by atoms with Gasteiger partial charge in [0.1, 0.15) is 17.4 Å². The Hall–Kier alpha value is -2.90. The zero-order valence-corrected chi connectivity index (χ0v) is 15.9. The van der Waals surface area contributed by atoms with Gasteiger partial charge in [-0.15, -0.1) is 0 Å². The highest BCUT2D eigenvalue weighted by atomic mass is 16.5. The number of aromatic nitrogens is 2. The molecule has 3 atom stereocenters. The number of H-pyrrole nitrogens is 1. The van der Waals surface area contributed by atoms with Gasteiger partial charge in [0.15, 0.2) is 0 Å². The highest BCUT2D eigenvalue weighted by molar-refractivity contribution is 5.97. The molecule has 3 unspecified atom stereocenters. The van der Waals surface area contributed by atoms with E-state index in [2.05, 4.69) is 64.2 Å². The summed E-state index contributed by atoms with van der Waals surface area (Å²) < 4.78 is 5.82. The average Bonchev–Trinajstić information content (AvgIpc) is 3.40. The summed E-state index contributed by atoms with van der Waals surface area (Å²) in [6.07, 6.45) is 2.63. The van der Waals surface area contributed by atoms with Crippen molar-refractivity contribution in [1.82, 2.24) is 20.8 Å². The monoisotopic (exact) mass is 377 g/mol. The van der Waals surface area contributed by atoms with E-state index in [0.717, 1.165) is 41.1 Å². The molecule has 2 aliphatic rings. The van der Waals surface area contributed by atoms with Crippen molar-refractivity contribution in [2.45, 2.75) is 32.4 Å². The molecule has 4 N–H and O–H groups in total. The molecule has 28 heavy (non-hydrogen) atoms. The van der Waals surface area contributed by atoms with Gasteiger partial charge in [0.05, 0.1) is 24.2 Å². The van der Waals surface area contributed by atoms with Crippen LogP contribution in [0.5, 0.6) is 5.75 Å². The Morgan fingerprint density at radius 1 is 1.25 bits per heavy atom. The van der Waals surface area contributed by atoms with Crippen LogP contribution in [-0.4, -0.2) is 34.6 Å². The molecule has 0 bridgehead atoms. The summed E-state index contributed by atoms with van der Waals surface area (Å²) >= 11 is 0. The number of para-hydroxylation sites is 1. The summed E-state index contributed by atoms with van der Waals surface area (Å²) in [5.41, 5.74) is 10.9. The van der Waals surface area contributed by atoms with Crippen LogP contribution in [0.4, 0.5) is 5.69 Å². The Morgan fingerprint density at radius 2 is 2.14 bits per heavy atom. The Balaban J connectivity index is 1.42. The van der Waals surface area contributed by atoms with Crippen molar-refractivity contribution in [1.29, 1.82) is 0 Å². The van der Waals surface area contributed by atoms with E-state index in [9.17, 15) is 4.79 Å². The van der Waals surface area contributed by atoms with Gasteiger partial charge in [-0.1, -0.05) is 19.1 Å². The standard InChI is InChI=1S/C21H23N5O2/c1-11-12(2)25-26-18(11)21(27)23-15-8-14-9-17(24-20(14)22-10-15)16-5-3-4-13-6-7-28-19(13)16/h3-5,8-12,18,25-26H,6-7H2,1-2H3,(H,22,24)(H,23,27). The lowest BCUT2D eigenvalue weighted by Gasteiger charge is -2.15. The third kappa shape index (κ3) is 2.83. The number of aromatic amines is 1. The molecule has 0 radical (unpaired) electrons. The van der Waals surface area contributed by atoms with E-state index in [4.69, 9.17) is 4.74 Å². The number of carbonyl (C=O) groups excluding carboxylic acids is 1. The van der Waals surface area contributed by atoms with Crippen LogP contribution in [-0.2, 0) is 11.2 Å². The second-order valence-corrected chi connectivity index (χ2v) is 7.64. The number of anilines is 1. The molecule has 0 spiro atoms. The largest absolute Gasteiger partial charge is 0.492 e. The van der Waals surface area contributed by atoms with E-state index in [1.807, 2.05) is 6.07 Å². The number of fused-ring (bicyclic) bond motifs is 2. The van der Waals surface area contributed by atoms with E-state index in [1.165, 1.54) is 5.56 Å². The molecule has 0 saturated carbocycles. The van der Waals surface area contributed by atoms with Gasteiger partial charge in [-0.2, -0.15) is 0 Å². The number of carbonyl (C=O) groups is 1. The lowest BCUT2D eigenvalue weighted by Crippen LogP contribution is -2.41. The van der Waals surface area contributed by atoms with Crippen molar-refractivity contribution in [3.8, 4) is 17.0 Å². The maximum Gasteiger partial charge on any atom is 0.243 e. The van der Waals surface area contributed by atoms with Crippen LogP contribution in [0, 0.1) is 5.92 Å². The first-order valence-electron chi connectivity index (χ1n) is 9.66. The number of amides is 1. The summed E-state index contributed by atoms with van der Waals surface area (Å²) in [7, 11) is 0. The molecule has 5 rings (SSSR count). The fourth-order valence-corrected chi connectivity index (χ4v) is 3.95. The predicted octanol–water partition coefficient (Wildman–Crippen LogP) is 2.60. The van der Waals surface area contributed by atoms with Crippen molar-refractivity contribution in [2.75, 3.05) is 11.9 Å². The Morgan fingerprint density at radius 3 is 2.96 bits per heavy atom. The highest BCUT2D eigenvalue weighted by Gasteiger charge is 2.34. The molecule has 4 heterocycles. The van der Waals surface area contributed by atoms with Crippen molar-refractivity contribution < 1.29 is 9.53 Å². The molecule has 3 aromatic rings. The Bertz CT molecular complexity index is 1060. The molecule has 2 aliphatic heterocycles. The fraction of sp³-hybridized carbons (Fsp3) is 0.333. The Kier molecular flexibility index (Phi) is 4.07. The molecule has 7 heteroatoms. The van der Waals surface area contributed by atoms with Gasteiger partial charge in [-0.25, -0.2) is 10.4 Å². The lowest BCUT2D eigenvalue weighted by atomic mass is 9.97. The maximum absolute atomic E-state index is 12.6. The summed E-state index contributed by atoms with van der Waals surface area (Å²) in [6, 6.07) is 10.2. The number of nitrogens with one attached hydrogen (secondary N) is 4. The van der Waals surface area contributed by atoms with Crippen molar-refractivity contribution in [2.24, 2.45) is 5.92 Å². The molecular formula is C21H23N5O2. The second kappa shape index (κ2) is 6.61. The molecule has 1 saturated heterocycles. The van der Waals surface area contributed by atoms with Gasteiger partial charge in [-0.3, -0.25) is 10.2 Å². The number of nitrogens with zero attached hydrogens (tertiary/aromatic N) is 1. The summed E-state index contributed by atoms with van der Waals surface area (Å²) in [5, 5.41) is 3.92. The van der Waals surface area contributed by atoms with Gasteiger partial charge in [0.25, 0.3) is 0 Å².